The first kappa shape index (κ1) is 17.5. The van der Waals surface area contributed by atoms with Gasteiger partial charge in [0.2, 0.25) is 0 Å². The Bertz CT molecular complexity index is 432. The van der Waals surface area contributed by atoms with Crippen LogP contribution in [-0.2, 0) is 0 Å². The molecule has 0 bridgehead atoms. The maximum Gasteiger partial charge on any atom is 0.128 e. The van der Waals surface area contributed by atoms with Gasteiger partial charge in [0.05, 0.1) is 0 Å². The second kappa shape index (κ2) is 8.01. The summed E-state index contributed by atoms with van der Waals surface area (Å²) in [5, 5.41) is 0. The summed E-state index contributed by atoms with van der Waals surface area (Å²) in [6, 6.07) is 4.61. The number of aryl methyl sites for hydroxylation is 1. The summed E-state index contributed by atoms with van der Waals surface area (Å²) in [7, 11) is 0. The third-order valence-electron chi connectivity index (χ3n) is 3.66. The van der Waals surface area contributed by atoms with E-state index in [0.717, 1.165) is 24.5 Å². The van der Waals surface area contributed by atoms with Crippen LogP contribution in [0, 0.1) is 6.92 Å². The molecule has 0 spiro atoms. The van der Waals surface area contributed by atoms with E-state index in [1.807, 2.05) is 27.0 Å². The van der Waals surface area contributed by atoms with Gasteiger partial charge >= 0.3 is 0 Å². The standard InChI is InChI=1S/C15H22FN3.C2H6/c1-11-5-6-15(17-8-11)18-9-13(3)19(12(2)7-16)14(4)10-18;1-2/h5-6,8,13-14H,2,7,9-10H2,1,3-4H3;1-2H3/t13-,14+;. The molecular weight excluding hydrogens is 265 g/mol. The Kier molecular flexibility index (Phi) is 6.66. The van der Waals surface area contributed by atoms with Crippen LogP contribution in [0.2, 0.25) is 0 Å². The number of rotatable bonds is 3. The van der Waals surface area contributed by atoms with Crippen molar-refractivity contribution in [3.05, 3.63) is 36.2 Å². The van der Waals surface area contributed by atoms with Crippen LogP contribution >= 0.6 is 0 Å². The highest BCUT2D eigenvalue weighted by Crippen LogP contribution is 2.24. The number of hydrogen-bond donors (Lipinski definition) is 0. The minimum Gasteiger partial charge on any atom is -0.364 e. The molecule has 1 aliphatic heterocycles. The van der Waals surface area contributed by atoms with Gasteiger partial charge in [0.15, 0.2) is 0 Å². The summed E-state index contributed by atoms with van der Waals surface area (Å²) in [4.78, 5) is 8.82. The quantitative estimate of drug-likeness (QED) is 0.845. The molecule has 0 amide bonds. The maximum absolute atomic E-state index is 12.8. The Morgan fingerprint density at radius 3 is 2.29 bits per heavy atom. The predicted molar refractivity (Wildman–Crippen MR) is 88.4 cm³/mol. The minimum atomic E-state index is -0.475. The van der Waals surface area contributed by atoms with Crippen LogP contribution in [0.5, 0.6) is 0 Å². The first-order chi connectivity index (χ1) is 10.0. The highest BCUT2D eigenvalue weighted by Gasteiger charge is 2.30. The van der Waals surface area contributed by atoms with Crippen molar-refractivity contribution >= 4 is 5.82 Å². The van der Waals surface area contributed by atoms with E-state index < -0.39 is 6.67 Å². The summed E-state index contributed by atoms with van der Waals surface area (Å²) in [6.45, 7) is 15.3. The molecule has 118 valence electrons. The highest BCUT2D eigenvalue weighted by molar-refractivity contribution is 5.40. The molecule has 2 rings (SSSR count). The van der Waals surface area contributed by atoms with Crippen LogP contribution in [0.3, 0.4) is 0 Å². The molecule has 1 aliphatic rings. The van der Waals surface area contributed by atoms with E-state index >= 15 is 0 Å². The number of hydrogen-bond acceptors (Lipinski definition) is 3. The van der Waals surface area contributed by atoms with Gasteiger partial charge in [0.25, 0.3) is 0 Å². The predicted octanol–water partition coefficient (Wildman–Crippen LogP) is 3.80. The molecule has 3 nitrogen and oxygen atoms in total. The van der Waals surface area contributed by atoms with Crippen LogP contribution in [-0.4, -0.2) is 41.7 Å². The van der Waals surface area contributed by atoms with Crippen molar-refractivity contribution in [3.8, 4) is 0 Å². The van der Waals surface area contributed by atoms with Gasteiger partial charge in [0.1, 0.15) is 12.5 Å². The molecule has 2 heterocycles. The topological polar surface area (TPSA) is 19.4 Å². The Hall–Kier alpha value is -1.58. The van der Waals surface area contributed by atoms with Crippen molar-refractivity contribution in [2.75, 3.05) is 24.7 Å². The zero-order valence-corrected chi connectivity index (χ0v) is 13.9. The summed E-state index contributed by atoms with van der Waals surface area (Å²) in [5.41, 5.74) is 1.74. The monoisotopic (exact) mass is 293 g/mol. The first-order valence-electron chi connectivity index (χ1n) is 7.72. The van der Waals surface area contributed by atoms with Gasteiger partial charge in [-0.2, -0.15) is 0 Å². The van der Waals surface area contributed by atoms with E-state index in [2.05, 4.69) is 47.3 Å². The van der Waals surface area contributed by atoms with Crippen molar-refractivity contribution in [1.82, 2.24) is 9.88 Å². The van der Waals surface area contributed by atoms with Crippen molar-refractivity contribution in [3.63, 3.8) is 0 Å². The maximum atomic E-state index is 12.8. The van der Waals surface area contributed by atoms with Crippen molar-refractivity contribution in [2.45, 2.75) is 46.7 Å². The van der Waals surface area contributed by atoms with Gasteiger partial charge in [-0.25, -0.2) is 9.37 Å². The minimum absolute atomic E-state index is 0.245. The van der Waals surface area contributed by atoms with E-state index in [-0.39, 0.29) is 12.1 Å². The summed E-state index contributed by atoms with van der Waals surface area (Å²) >= 11 is 0. The molecule has 0 saturated carbocycles. The number of halogens is 1. The zero-order chi connectivity index (χ0) is 16.0. The van der Waals surface area contributed by atoms with E-state index in [4.69, 9.17) is 0 Å². The number of piperazine rings is 1. The van der Waals surface area contributed by atoms with Gasteiger partial charge in [-0.3, -0.25) is 0 Å². The van der Waals surface area contributed by atoms with Crippen LogP contribution in [0.1, 0.15) is 33.3 Å². The molecule has 4 heteroatoms. The zero-order valence-electron chi connectivity index (χ0n) is 13.9. The lowest BCUT2D eigenvalue weighted by atomic mass is 10.1. The van der Waals surface area contributed by atoms with Gasteiger partial charge in [-0.1, -0.05) is 26.5 Å². The fourth-order valence-electron chi connectivity index (χ4n) is 2.85. The van der Waals surface area contributed by atoms with Gasteiger partial charge < -0.3 is 9.80 Å². The number of nitrogens with zero attached hydrogens (tertiary/aromatic N) is 3. The third kappa shape index (κ3) is 4.19. The molecule has 1 aromatic heterocycles. The highest BCUT2D eigenvalue weighted by atomic mass is 19.1. The second-order valence-electron chi connectivity index (χ2n) is 5.40. The fourth-order valence-corrected chi connectivity index (χ4v) is 2.85. The summed E-state index contributed by atoms with van der Waals surface area (Å²) < 4.78 is 12.8. The lowest BCUT2D eigenvalue weighted by Gasteiger charge is -2.46. The average Bonchev–Trinajstić information content (AvgIpc) is 2.49. The number of allylic oxidation sites excluding steroid dienone is 1. The Balaban J connectivity index is 0.00000106. The molecule has 1 aromatic rings. The van der Waals surface area contributed by atoms with Crippen LogP contribution in [0.15, 0.2) is 30.6 Å². The molecule has 1 fully saturated rings. The van der Waals surface area contributed by atoms with Gasteiger partial charge in [-0.05, 0) is 32.4 Å². The lowest BCUT2D eigenvalue weighted by Crippen LogP contribution is -2.56. The van der Waals surface area contributed by atoms with E-state index in [1.54, 1.807) is 0 Å². The van der Waals surface area contributed by atoms with Crippen LogP contribution in [0.4, 0.5) is 10.2 Å². The molecule has 0 unspecified atom stereocenters. The number of anilines is 1. The Labute approximate surface area is 128 Å². The van der Waals surface area contributed by atoms with Crippen molar-refractivity contribution < 1.29 is 4.39 Å². The summed E-state index contributed by atoms with van der Waals surface area (Å²) in [6.07, 6.45) is 1.89. The second-order valence-corrected chi connectivity index (χ2v) is 5.40. The normalized spacial score (nSPS) is 21.6. The van der Waals surface area contributed by atoms with Crippen molar-refractivity contribution in [1.29, 1.82) is 0 Å². The number of pyridine rings is 1. The Morgan fingerprint density at radius 1 is 1.29 bits per heavy atom. The van der Waals surface area contributed by atoms with E-state index in [0.29, 0.717) is 5.70 Å². The largest absolute Gasteiger partial charge is 0.364 e. The Morgan fingerprint density at radius 2 is 1.86 bits per heavy atom. The average molecular weight is 293 g/mol. The molecule has 1 saturated heterocycles. The van der Waals surface area contributed by atoms with Gasteiger partial charge in [0, 0.05) is 37.1 Å². The van der Waals surface area contributed by atoms with Crippen molar-refractivity contribution in [2.24, 2.45) is 0 Å². The molecule has 0 aliphatic carbocycles. The fraction of sp³-hybridized carbons (Fsp3) is 0.588. The van der Waals surface area contributed by atoms with Crippen LogP contribution in [0.25, 0.3) is 0 Å². The lowest BCUT2D eigenvalue weighted by molar-refractivity contribution is 0.167. The van der Waals surface area contributed by atoms with E-state index in [1.165, 1.54) is 0 Å². The number of aromatic nitrogens is 1. The SMILES string of the molecule is C=C(CF)N1[C@H](C)CN(c2ccc(C)cn2)C[C@@H]1C.CC. The smallest absolute Gasteiger partial charge is 0.128 e. The molecule has 0 radical (unpaired) electrons. The molecule has 0 aromatic carbocycles. The third-order valence-corrected chi connectivity index (χ3v) is 3.66. The molecule has 2 atom stereocenters. The van der Waals surface area contributed by atoms with E-state index in [9.17, 15) is 4.39 Å². The molecular formula is C17H28FN3. The van der Waals surface area contributed by atoms with Crippen LogP contribution < -0.4 is 4.90 Å². The molecule has 21 heavy (non-hydrogen) atoms. The molecule has 0 N–H and O–H groups in total. The number of alkyl halides is 1. The first-order valence-corrected chi connectivity index (χ1v) is 7.72. The summed E-state index contributed by atoms with van der Waals surface area (Å²) in [5.74, 6) is 0.995. The van der Waals surface area contributed by atoms with Gasteiger partial charge in [-0.15, -0.1) is 0 Å².